The van der Waals surface area contributed by atoms with E-state index in [1.54, 1.807) is 4.90 Å². The number of aromatic nitrogens is 3. The van der Waals surface area contributed by atoms with Crippen molar-refractivity contribution in [2.75, 3.05) is 18.9 Å². The number of aliphatic hydroxyl groups is 1. The quantitative estimate of drug-likeness (QED) is 0.676. The largest absolute Gasteiger partial charge is 0.394 e. The van der Waals surface area contributed by atoms with Crippen LogP contribution < -0.4 is 5.73 Å². The normalized spacial score (nSPS) is 20.3. The molecule has 0 aliphatic carbocycles. The number of nitrogens with zero attached hydrogens (tertiary/aromatic N) is 4. The lowest BCUT2D eigenvalue weighted by Gasteiger charge is -2.22. The Bertz CT molecular complexity index is 378. The Labute approximate surface area is 92.8 Å². The number of likely N-dealkylation sites (tertiary alicyclic amines) is 1. The first-order valence-corrected chi connectivity index (χ1v) is 5.26. The fourth-order valence-corrected chi connectivity index (χ4v) is 1.95. The van der Waals surface area contributed by atoms with Crippen molar-refractivity contribution in [3.8, 4) is 0 Å². The van der Waals surface area contributed by atoms with Crippen molar-refractivity contribution < 1.29 is 9.90 Å². The first-order valence-electron chi connectivity index (χ1n) is 5.26. The minimum atomic E-state index is -0.0767. The van der Waals surface area contributed by atoms with E-state index in [1.807, 2.05) is 0 Å². The molecule has 2 rings (SSSR count). The summed E-state index contributed by atoms with van der Waals surface area (Å²) in [6.45, 7) is 0.787. The molecular formula is C9H15N5O2. The minimum Gasteiger partial charge on any atom is -0.394 e. The standard InChI is InChI=1S/C9H15N5O2/c10-8-4-11-14(12-8)5-9(16)13-3-1-2-7(13)6-15/h4,7,15H,1-3,5-6H2,(H2,10,12). The molecule has 0 aromatic carbocycles. The number of nitrogen functional groups attached to an aromatic ring is 1. The van der Waals surface area contributed by atoms with E-state index in [9.17, 15) is 4.79 Å². The second kappa shape index (κ2) is 4.48. The summed E-state index contributed by atoms with van der Waals surface area (Å²) in [7, 11) is 0. The molecule has 1 aliphatic rings. The van der Waals surface area contributed by atoms with Gasteiger partial charge in [-0.15, -0.1) is 5.10 Å². The fourth-order valence-electron chi connectivity index (χ4n) is 1.95. The van der Waals surface area contributed by atoms with Crippen molar-refractivity contribution in [2.45, 2.75) is 25.4 Å². The summed E-state index contributed by atoms with van der Waals surface area (Å²) in [4.78, 5) is 14.8. The van der Waals surface area contributed by atoms with Crippen molar-refractivity contribution in [3.05, 3.63) is 6.20 Å². The van der Waals surface area contributed by atoms with Gasteiger partial charge in [0.25, 0.3) is 0 Å². The van der Waals surface area contributed by atoms with Gasteiger partial charge >= 0.3 is 0 Å². The molecule has 0 saturated carbocycles. The van der Waals surface area contributed by atoms with Crippen LogP contribution in [0.2, 0.25) is 0 Å². The van der Waals surface area contributed by atoms with Crippen LogP contribution in [-0.4, -0.2) is 50.1 Å². The predicted octanol–water partition coefficient (Wildman–Crippen LogP) is -1.16. The van der Waals surface area contributed by atoms with Crippen LogP contribution in [0.4, 0.5) is 5.82 Å². The second-order valence-electron chi connectivity index (χ2n) is 3.87. The first-order chi connectivity index (χ1) is 7.70. The molecule has 0 bridgehead atoms. The molecule has 1 aromatic rings. The lowest BCUT2D eigenvalue weighted by Crippen LogP contribution is -2.39. The third-order valence-electron chi connectivity index (χ3n) is 2.74. The number of hydrogen-bond donors (Lipinski definition) is 2. The number of aliphatic hydroxyl groups excluding tert-OH is 1. The summed E-state index contributed by atoms with van der Waals surface area (Å²) in [6.07, 6.45) is 3.20. The zero-order chi connectivity index (χ0) is 11.5. The highest BCUT2D eigenvalue weighted by Crippen LogP contribution is 2.16. The minimum absolute atomic E-state index is 0.0143. The van der Waals surface area contributed by atoms with E-state index < -0.39 is 0 Å². The van der Waals surface area contributed by atoms with Gasteiger partial charge in [0.1, 0.15) is 6.54 Å². The molecule has 7 nitrogen and oxygen atoms in total. The third kappa shape index (κ3) is 2.13. The zero-order valence-electron chi connectivity index (χ0n) is 8.91. The molecule has 0 spiro atoms. The molecule has 1 amide bonds. The predicted molar refractivity (Wildman–Crippen MR) is 56.3 cm³/mol. The molecule has 7 heteroatoms. The molecule has 1 saturated heterocycles. The highest BCUT2D eigenvalue weighted by Gasteiger charge is 2.28. The van der Waals surface area contributed by atoms with Gasteiger partial charge in [-0.3, -0.25) is 4.79 Å². The maximum absolute atomic E-state index is 11.9. The van der Waals surface area contributed by atoms with Gasteiger partial charge in [0, 0.05) is 6.54 Å². The third-order valence-corrected chi connectivity index (χ3v) is 2.74. The Morgan fingerprint density at radius 3 is 3.12 bits per heavy atom. The number of carbonyl (C=O) groups excluding carboxylic acids is 1. The smallest absolute Gasteiger partial charge is 0.246 e. The van der Waals surface area contributed by atoms with E-state index in [0.717, 1.165) is 12.8 Å². The van der Waals surface area contributed by atoms with Crippen molar-refractivity contribution in [2.24, 2.45) is 0 Å². The Kier molecular flexibility index (Phi) is 3.04. The Hall–Kier alpha value is -1.63. The molecule has 1 fully saturated rings. The van der Waals surface area contributed by atoms with Gasteiger partial charge in [-0.25, -0.2) is 0 Å². The van der Waals surface area contributed by atoms with Gasteiger partial charge in [0.15, 0.2) is 5.82 Å². The number of hydrogen-bond acceptors (Lipinski definition) is 5. The lowest BCUT2D eigenvalue weighted by atomic mass is 10.2. The van der Waals surface area contributed by atoms with Crippen LogP contribution in [0, 0.1) is 0 Å². The molecule has 1 atom stereocenters. The summed E-state index contributed by atoms with van der Waals surface area (Å²) in [5.74, 6) is 0.222. The average molecular weight is 225 g/mol. The van der Waals surface area contributed by atoms with Crippen molar-refractivity contribution in [1.82, 2.24) is 19.9 Å². The molecule has 0 radical (unpaired) electrons. The van der Waals surface area contributed by atoms with Crippen LogP contribution in [0.15, 0.2) is 6.20 Å². The van der Waals surface area contributed by atoms with Crippen LogP contribution in [0.25, 0.3) is 0 Å². The van der Waals surface area contributed by atoms with Gasteiger partial charge in [-0.2, -0.15) is 9.90 Å². The lowest BCUT2D eigenvalue weighted by molar-refractivity contribution is -0.133. The topological polar surface area (TPSA) is 97.3 Å². The van der Waals surface area contributed by atoms with E-state index in [4.69, 9.17) is 10.8 Å². The van der Waals surface area contributed by atoms with Crippen LogP contribution in [0.5, 0.6) is 0 Å². The molecule has 3 N–H and O–H groups in total. The first kappa shape index (κ1) is 10.9. The summed E-state index contributed by atoms with van der Waals surface area (Å²) in [5, 5.41) is 16.8. The van der Waals surface area contributed by atoms with Crippen LogP contribution >= 0.6 is 0 Å². The van der Waals surface area contributed by atoms with Gasteiger partial charge in [-0.1, -0.05) is 0 Å². The Morgan fingerprint density at radius 2 is 2.50 bits per heavy atom. The van der Waals surface area contributed by atoms with Gasteiger partial charge in [0.05, 0.1) is 18.8 Å². The Morgan fingerprint density at radius 1 is 1.69 bits per heavy atom. The summed E-state index contributed by atoms with van der Waals surface area (Å²) >= 11 is 0. The molecule has 1 aromatic heterocycles. The van der Waals surface area contributed by atoms with Crippen molar-refractivity contribution >= 4 is 11.7 Å². The summed E-state index contributed by atoms with van der Waals surface area (Å²) < 4.78 is 0. The number of amides is 1. The molecule has 16 heavy (non-hydrogen) atoms. The molecule has 1 aliphatic heterocycles. The summed E-state index contributed by atoms with van der Waals surface area (Å²) in [6, 6.07) is -0.0552. The zero-order valence-corrected chi connectivity index (χ0v) is 8.91. The second-order valence-corrected chi connectivity index (χ2v) is 3.87. The molecule has 2 heterocycles. The number of anilines is 1. The van der Waals surface area contributed by atoms with Gasteiger partial charge in [0.2, 0.25) is 5.91 Å². The van der Waals surface area contributed by atoms with Crippen LogP contribution in [0.1, 0.15) is 12.8 Å². The Balaban J connectivity index is 1.97. The number of nitrogens with two attached hydrogens (primary N) is 1. The van der Waals surface area contributed by atoms with Crippen molar-refractivity contribution in [1.29, 1.82) is 0 Å². The fraction of sp³-hybridized carbons (Fsp3) is 0.667. The maximum Gasteiger partial charge on any atom is 0.246 e. The number of carbonyl (C=O) groups is 1. The highest BCUT2D eigenvalue weighted by atomic mass is 16.3. The summed E-state index contributed by atoms with van der Waals surface area (Å²) in [5.41, 5.74) is 5.40. The van der Waals surface area contributed by atoms with E-state index >= 15 is 0 Å². The van der Waals surface area contributed by atoms with Crippen LogP contribution in [0.3, 0.4) is 0 Å². The van der Waals surface area contributed by atoms with E-state index in [2.05, 4.69) is 10.2 Å². The van der Waals surface area contributed by atoms with Gasteiger partial charge < -0.3 is 15.7 Å². The number of rotatable bonds is 3. The van der Waals surface area contributed by atoms with Crippen LogP contribution in [-0.2, 0) is 11.3 Å². The van der Waals surface area contributed by atoms with E-state index in [0.29, 0.717) is 12.4 Å². The maximum atomic E-state index is 11.9. The molecular weight excluding hydrogens is 210 g/mol. The molecule has 1 unspecified atom stereocenters. The SMILES string of the molecule is Nc1cnn(CC(=O)N2CCCC2CO)n1. The van der Waals surface area contributed by atoms with Gasteiger partial charge in [-0.05, 0) is 12.8 Å². The molecule has 88 valence electrons. The highest BCUT2D eigenvalue weighted by molar-refractivity contribution is 5.76. The monoisotopic (exact) mass is 225 g/mol. The van der Waals surface area contributed by atoms with E-state index in [-0.39, 0.29) is 25.1 Å². The average Bonchev–Trinajstić information content (AvgIpc) is 2.86. The van der Waals surface area contributed by atoms with E-state index in [1.165, 1.54) is 11.0 Å². The van der Waals surface area contributed by atoms with Crippen molar-refractivity contribution in [3.63, 3.8) is 0 Å².